The molecule has 0 aliphatic carbocycles. The number of benzene rings is 1. The van der Waals surface area contributed by atoms with Crippen molar-refractivity contribution in [2.75, 3.05) is 11.9 Å². The maximum absolute atomic E-state index is 12.0. The molecular formula is C19H20ClN3O4. The van der Waals surface area contributed by atoms with Crippen molar-refractivity contribution in [3.8, 4) is 0 Å². The quantitative estimate of drug-likeness (QED) is 0.533. The van der Waals surface area contributed by atoms with Crippen molar-refractivity contribution in [1.82, 2.24) is 10.3 Å². The van der Waals surface area contributed by atoms with Crippen molar-refractivity contribution in [3.63, 3.8) is 0 Å². The summed E-state index contributed by atoms with van der Waals surface area (Å²) in [6.45, 7) is 1.58. The van der Waals surface area contributed by atoms with Gasteiger partial charge in [-0.25, -0.2) is 4.98 Å². The highest BCUT2D eigenvalue weighted by Crippen LogP contribution is 2.17. The minimum Gasteiger partial charge on any atom is -0.452 e. The van der Waals surface area contributed by atoms with Gasteiger partial charge in [0.15, 0.2) is 11.3 Å². The Morgan fingerprint density at radius 3 is 2.59 bits per heavy atom. The molecule has 1 aromatic carbocycles. The molecule has 0 bridgehead atoms. The molecular weight excluding hydrogens is 370 g/mol. The minimum atomic E-state index is -1.01. The van der Waals surface area contributed by atoms with E-state index in [4.69, 9.17) is 16.3 Å². The highest BCUT2D eigenvalue weighted by Gasteiger charge is 2.19. The van der Waals surface area contributed by atoms with Crippen LogP contribution in [0.4, 0.5) is 5.69 Å². The van der Waals surface area contributed by atoms with Crippen molar-refractivity contribution in [3.05, 3.63) is 59.4 Å². The number of rotatable bonds is 8. The molecule has 0 fully saturated rings. The van der Waals surface area contributed by atoms with Gasteiger partial charge in [0.2, 0.25) is 5.91 Å². The molecule has 142 valence electrons. The first-order valence-corrected chi connectivity index (χ1v) is 8.75. The number of hydrogen-bond acceptors (Lipinski definition) is 5. The Bertz CT molecular complexity index is 799. The van der Waals surface area contributed by atoms with E-state index in [2.05, 4.69) is 15.6 Å². The predicted molar refractivity (Wildman–Crippen MR) is 101 cm³/mol. The molecule has 1 heterocycles. The lowest BCUT2D eigenvalue weighted by Gasteiger charge is -2.14. The van der Waals surface area contributed by atoms with Gasteiger partial charge in [-0.2, -0.15) is 0 Å². The third-order valence-corrected chi connectivity index (χ3v) is 3.85. The van der Waals surface area contributed by atoms with E-state index in [1.165, 1.54) is 13.1 Å². The summed E-state index contributed by atoms with van der Waals surface area (Å²) >= 11 is 5.86. The van der Waals surface area contributed by atoms with E-state index in [0.29, 0.717) is 5.69 Å². The summed E-state index contributed by atoms with van der Waals surface area (Å²) in [7, 11) is 0. The van der Waals surface area contributed by atoms with Crippen LogP contribution in [0.3, 0.4) is 0 Å². The van der Waals surface area contributed by atoms with Gasteiger partial charge < -0.3 is 15.4 Å². The van der Waals surface area contributed by atoms with Gasteiger partial charge in [0.25, 0.3) is 5.91 Å². The number of nitrogens with one attached hydrogen (secondary N) is 2. The van der Waals surface area contributed by atoms with Gasteiger partial charge in [0, 0.05) is 12.7 Å². The van der Waals surface area contributed by atoms with Gasteiger partial charge in [-0.3, -0.25) is 14.4 Å². The monoisotopic (exact) mass is 389 g/mol. The molecule has 0 saturated carbocycles. The standard InChI is InChI=1S/C19H20ClN3O4/c1-13(19(26)23-15-8-5-10-22-18(15)20)27-17(25)9-11-21-16(24)12-14-6-3-2-4-7-14/h2-8,10,13H,9,11-12H2,1H3,(H,21,24)(H,23,26). The van der Waals surface area contributed by atoms with Crippen molar-refractivity contribution < 1.29 is 19.1 Å². The molecule has 0 saturated heterocycles. The van der Waals surface area contributed by atoms with Crippen LogP contribution in [-0.4, -0.2) is 35.4 Å². The Hall–Kier alpha value is -2.93. The van der Waals surface area contributed by atoms with E-state index >= 15 is 0 Å². The molecule has 2 aromatic rings. The fraction of sp³-hybridized carbons (Fsp3) is 0.263. The smallest absolute Gasteiger partial charge is 0.308 e. The summed E-state index contributed by atoms with van der Waals surface area (Å²) in [5.41, 5.74) is 1.22. The molecule has 2 rings (SSSR count). The van der Waals surface area contributed by atoms with Gasteiger partial charge in [-0.1, -0.05) is 41.9 Å². The Morgan fingerprint density at radius 1 is 1.15 bits per heavy atom. The first-order chi connectivity index (χ1) is 13.0. The summed E-state index contributed by atoms with van der Waals surface area (Å²) in [6.07, 6.45) is 0.689. The number of carbonyl (C=O) groups excluding carboxylic acids is 3. The summed E-state index contributed by atoms with van der Waals surface area (Å²) in [5.74, 6) is -1.30. The summed E-state index contributed by atoms with van der Waals surface area (Å²) < 4.78 is 5.06. The fourth-order valence-corrected chi connectivity index (χ4v) is 2.34. The number of esters is 1. The Labute approximate surface area is 162 Å². The van der Waals surface area contributed by atoms with E-state index in [1.54, 1.807) is 12.1 Å². The average Bonchev–Trinajstić information content (AvgIpc) is 2.64. The first kappa shape index (κ1) is 20.4. The number of halogens is 1. The molecule has 8 heteroatoms. The number of hydrogen-bond donors (Lipinski definition) is 2. The molecule has 0 spiro atoms. The van der Waals surface area contributed by atoms with Crippen LogP contribution in [0.1, 0.15) is 18.9 Å². The van der Waals surface area contributed by atoms with Crippen LogP contribution in [0.25, 0.3) is 0 Å². The van der Waals surface area contributed by atoms with Crippen LogP contribution < -0.4 is 10.6 Å². The summed E-state index contributed by atoms with van der Waals surface area (Å²) in [5, 5.41) is 5.33. The van der Waals surface area contributed by atoms with E-state index in [9.17, 15) is 14.4 Å². The van der Waals surface area contributed by atoms with E-state index in [-0.39, 0.29) is 30.4 Å². The Kier molecular flexibility index (Phi) is 7.76. The number of aromatic nitrogens is 1. The molecule has 1 aromatic heterocycles. The Balaban J connectivity index is 1.69. The zero-order valence-electron chi connectivity index (χ0n) is 14.8. The minimum absolute atomic E-state index is 0.0359. The highest BCUT2D eigenvalue weighted by molar-refractivity contribution is 6.32. The normalized spacial score (nSPS) is 11.3. The molecule has 0 aliphatic heterocycles. The summed E-state index contributed by atoms with van der Waals surface area (Å²) in [4.78, 5) is 39.5. The lowest BCUT2D eigenvalue weighted by Crippen LogP contribution is -2.32. The molecule has 2 N–H and O–H groups in total. The van der Waals surface area contributed by atoms with Crippen LogP contribution in [-0.2, 0) is 25.5 Å². The number of ether oxygens (including phenoxy) is 1. The predicted octanol–water partition coefficient (Wildman–Crippen LogP) is 2.35. The van der Waals surface area contributed by atoms with Crippen molar-refractivity contribution in [2.24, 2.45) is 0 Å². The number of nitrogens with zero attached hydrogens (tertiary/aromatic N) is 1. The highest BCUT2D eigenvalue weighted by atomic mass is 35.5. The van der Waals surface area contributed by atoms with Crippen molar-refractivity contribution in [2.45, 2.75) is 25.9 Å². The van der Waals surface area contributed by atoms with Crippen molar-refractivity contribution >= 4 is 35.1 Å². The van der Waals surface area contributed by atoms with Gasteiger partial charge in [0.1, 0.15) is 0 Å². The van der Waals surface area contributed by atoms with Gasteiger partial charge in [0.05, 0.1) is 18.5 Å². The van der Waals surface area contributed by atoms with Gasteiger partial charge >= 0.3 is 5.97 Å². The third-order valence-electron chi connectivity index (χ3n) is 3.55. The molecule has 1 atom stereocenters. The molecule has 7 nitrogen and oxygen atoms in total. The topological polar surface area (TPSA) is 97.4 Å². The van der Waals surface area contributed by atoms with E-state index in [0.717, 1.165) is 5.56 Å². The van der Waals surface area contributed by atoms with Crippen LogP contribution in [0, 0.1) is 0 Å². The van der Waals surface area contributed by atoms with Crippen LogP contribution in [0.15, 0.2) is 48.7 Å². The number of amides is 2. The second-order valence-corrected chi connectivity index (χ2v) is 6.08. The summed E-state index contributed by atoms with van der Waals surface area (Å²) in [6, 6.07) is 12.5. The van der Waals surface area contributed by atoms with Crippen LogP contribution >= 0.6 is 11.6 Å². The lowest BCUT2D eigenvalue weighted by molar-refractivity contribution is -0.153. The molecule has 2 amide bonds. The van der Waals surface area contributed by atoms with Gasteiger partial charge in [-0.15, -0.1) is 0 Å². The van der Waals surface area contributed by atoms with Crippen LogP contribution in [0.5, 0.6) is 0 Å². The Morgan fingerprint density at radius 2 is 1.89 bits per heavy atom. The number of carbonyl (C=O) groups is 3. The van der Waals surface area contributed by atoms with Crippen LogP contribution in [0.2, 0.25) is 5.15 Å². The van der Waals surface area contributed by atoms with E-state index in [1.807, 2.05) is 30.3 Å². The molecule has 1 unspecified atom stereocenters. The number of anilines is 1. The maximum atomic E-state index is 12.0. The number of pyridine rings is 1. The molecule has 0 radical (unpaired) electrons. The fourth-order valence-electron chi connectivity index (χ4n) is 2.17. The SMILES string of the molecule is CC(OC(=O)CCNC(=O)Cc1ccccc1)C(=O)Nc1cccnc1Cl. The zero-order chi connectivity index (χ0) is 19.6. The molecule has 0 aliphatic rings. The average molecular weight is 390 g/mol. The van der Waals surface area contributed by atoms with Crippen molar-refractivity contribution in [1.29, 1.82) is 0 Å². The first-order valence-electron chi connectivity index (χ1n) is 8.37. The largest absolute Gasteiger partial charge is 0.452 e. The zero-order valence-corrected chi connectivity index (χ0v) is 15.5. The second kappa shape index (κ2) is 10.3. The third kappa shape index (κ3) is 7.07. The van der Waals surface area contributed by atoms with E-state index < -0.39 is 18.0 Å². The maximum Gasteiger partial charge on any atom is 0.308 e. The lowest BCUT2D eigenvalue weighted by atomic mass is 10.1. The second-order valence-electron chi connectivity index (χ2n) is 5.73. The molecule has 27 heavy (non-hydrogen) atoms. The van der Waals surface area contributed by atoms with Gasteiger partial charge in [-0.05, 0) is 24.6 Å².